The summed E-state index contributed by atoms with van der Waals surface area (Å²) in [5, 5.41) is 7.63. The molecule has 0 atom stereocenters. The first kappa shape index (κ1) is 13.2. The molecule has 0 radical (unpaired) electrons. The van der Waals surface area contributed by atoms with Gasteiger partial charge in [-0.2, -0.15) is 5.10 Å². The fourth-order valence-electron chi connectivity index (χ4n) is 2.72. The van der Waals surface area contributed by atoms with Crippen LogP contribution in [0.1, 0.15) is 30.7 Å². The Bertz CT molecular complexity index is 616. The Labute approximate surface area is 119 Å². The highest BCUT2D eigenvalue weighted by Crippen LogP contribution is 2.37. The molecule has 0 amide bonds. The lowest BCUT2D eigenvalue weighted by Gasteiger charge is -2.18. The first-order valence-corrected chi connectivity index (χ1v) is 7.02. The van der Waals surface area contributed by atoms with Crippen LogP contribution in [-0.4, -0.2) is 15.4 Å². The van der Waals surface area contributed by atoms with Gasteiger partial charge in [-0.1, -0.05) is 18.2 Å². The molecule has 1 aliphatic heterocycles. The summed E-state index contributed by atoms with van der Waals surface area (Å²) in [6.45, 7) is 5.90. The second kappa shape index (κ2) is 4.94. The van der Waals surface area contributed by atoms with E-state index < -0.39 is 0 Å². The number of aryl methyl sites for hydroxylation is 1. The van der Waals surface area contributed by atoms with Crippen LogP contribution >= 0.6 is 0 Å². The van der Waals surface area contributed by atoms with Crippen molar-refractivity contribution in [3.05, 3.63) is 47.3 Å². The smallest absolute Gasteiger partial charge is 0.127 e. The van der Waals surface area contributed by atoms with Crippen molar-refractivity contribution in [3.63, 3.8) is 0 Å². The minimum atomic E-state index is -0.0829. The number of hydrogen-bond donors (Lipinski definition) is 1. The number of fused-ring (bicyclic) bond motifs is 1. The Morgan fingerprint density at radius 1 is 1.30 bits per heavy atom. The average molecular weight is 271 g/mol. The molecule has 1 aliphatic rings. The van der Waals surface area contributed by atoms with Crippen molar-refractivity contribution in [2.45, 2.75) is 39.0 Å². The highest BCUT2D eigenvalue weighted by atomic mass is 16.5. The maximum Gasteiger partial charge on any atom is 0.127 e. The fourth-order valence-corrected chi connectivity index (χ4v) is 2.72. The van der Waals surface area contributed by atoms with E-state index in [4.69, 9.17) is 4.74 Å². The van der Waals surface area contributed by atoms with E-state index in [0.29, 0.717) is 0 Å². The first-order valence-electron chi connectivity index (χ1n) is 7.02. The molecule has 0 saturated heterocycles. The molecule has 1 aromatic carbocycles. The van der Waals surface area contributed by atoms with Gasteiger partial charge in [0.15, 0.2) is 0 Å². The van der Waals surface area contributed by atoms with Crippen molar-refractivity contribution < 1.29 is 4.74 Å². The lowest BCUT2D eigenvalue weighted by molar-refractivity contribution is 0.137. The Morgan fingerprint density at radius 2 is 2.15 bits per heavy atom. The van der Waals surface area contributed by atoms with E-state index >= 15 is 0 Å². The summed E-state index contributed by atoms with van der Waals surface area (Å²) < 4.78 is 7.97. The topological polar surface area (TPSA) is 39.1 Å². The standard InChI is InChI=1S/C16H21N3O/c1-16(2)9-12-5-4-6-13(15(12)20-16)10-17-11-14-7-8-18-19(14)3/h4-8,17H,9-11H2,1-3H3. The second-order valence-corrected chi connectivity index (χ2v) is 5.99. The van der Waals surface area contributed by atoms with Crippen molar-refractivity contribution in [1.29, 1.82) is 0 Å². The minimum absolute atomic E-state index is 0.0829. The molecule has 0 bridgehead atoms. The maximum absolute atomic E-state index is 6.08. The number of nitrogens with zero attached hydrogens (tertiary/aromatic N) is 2. The fraction of sp³-hybridized carbons (Fsp3) is 0.438. The molecule has 106 valence electrons. The second-order valence-electron chi connectivity index (χ2n) is 5.99. The Kier molecular flexibility index (Phi) is 3.26. The van der Waals surface area contributed by atoms with E-state index in [-0.39, 0.29) is 5.60 Å². The van der Waals surface area contributed by atoms with Gasteiger partial charge in [0.1, 0.15) is 11.4 Å². The molecule has 4 nitrogen and oxygen atoms in total. The highest BCUT2D eigenvalue weighted by molar-refractivity contribution is 5.45. The molecule has 1 N–H and O–H groups in total. The van der Waals surface area contributed by atoms with Crippen molar-refractivity contribution in [1.82, 2.24) is 15.1 Å². The predicted octanol–water partition coefficient (Wildman–Crippen LogP) is 2.42. The third-order valence-electron chi connectivity index (χ3n) is 3.72. The van der Waals surface area contributed by atoms with Crippen LogP contribution in [-0.2, 0) is 26.6 Å². The van der Waals surface area contributed by atoms with Gasteiger partial charge in [-0.05, 0) is 25.5 Å². The van der Waals surface area contributed by atoms with Gasteiger partial charge in [0, 0.05) is 38.3 Å². The average Bonchev–Trinajstić information content (AvgIpc) is 2.92. The van der Waals surface area contributed by atoms with Crippen LogP contribution in [0.15, 0.2) is 30.5 Å². The van der Waals surface area contributed by atoms with Crippen LogP contribution in [0.3, 0.4) is 0 Å². The van der Waals surface area contributed by atoms with Crippen molar-refractivity contribution in [2.75, 3.05) is 0 Å². The Hall–Kier alpha value is -1.81. The number of rotatable bonds is 4. The molecule has 0 saturated carbocycles. The first-order chi connectivity index (χ1) is 9.55. The van der Waals surface area contributed by atoms with Crippen molar-refractivity contribution in [3.8, 4) is 5.75 Å². The lowest BCUT2D eigenvalue weighted by Crippen LogP contribution is -2.25. The molecule has 0 aliphatic carbocycles. The van der Waals surface area contributed by atoms with E-state index in [1.807, 2.05) is 24.0 Å². The summed E-state index contributed by atoms with van der Waals surface area (Å²) in [5.41, 5.74) is 3.64. The van der Waals surface area contributed by atoms with Gasteiger partial charge in [0.05, 0.1) is 5.69 Å². The Morgan fingerprint density at radius 3 is 2.90 bits per heavy atom. The third kappa shape index (κ3) is 2.56. The Balaban J connectivity index is 1.68. The molecule has 0 unspecified atom stereocenters. The van der Waals surface area contributed by atoms with Gasteiger partial charge in [0.25, 0.3) is 0 Å². The van der Waals surface area contributed by atoms with E-state index in [2.05, 4.69) is 42.5 Å². The van der Waals surface area contributed by atoms with Crippen molar-refractivity contribution >= 4 is 0 Å². The number of benzene rings is 1. The van der Waals surface area contributed by atoms with E-state index in [1.54, 1.807) is 0 Å². The summed E-state index contributed by atoms with van der Waals surface area (Å²) in [5.74, 6) is 1.06. The molecule has 0 spiro atoms. The zero-order valence-electron chi connectivity index (χ0n) is 12.3. The lowest BCUT2D eigenvalue weighted by atomic mass is 10.0. The molecular formula is C16H21N3O. The minimum Gasteiger partial charge on any atom is -0.487 e. The summed E-state index contributed by atoms with van der Waals surface area (Å²) in [6, 6.07) is 8.44. The van der Waals surface area contributed by atoms with Crippen LogP contribution in [0.4, 0.5) is 0 Å². The predicted molar refractivity (Wildman–Crippen MR) is 78.6 cm³/mol. The van der Waals surface area contributed by atoms with Crippen LogP contribution in [0, 0.1) is 0 Å². The zero-order chi connectivity index (χ0) is 14.2. The van der Waals surface area contributed by atoms with Crippen LogP contribution in [0.5, 0.6) is 5.75 Å². The van der Waals surface area contributed by atoms with Gasteiger partial charge < -0.3 is 10.1 Å². The number of aromatic nitrogens is 2. The van der Waals surface area contributed by atoms with Crippen LogP contribution < -0.4 is 10.1 Å². The highest BCUT2D eigenvalue weighted by Gasteiger charge is 2.31. The number of para-hydroxylation sites is 1. The number of nitrogens with one attached hydrogen (secondary N) is 1. The molecule has 1 aromatic heterocycles. The maximum atomic E-state index is 6.08. The molecule has 0 fully saturated rings. The largest absolute Gasteiger partial charge is 0.487 e. The quantitative estimate of drug-likeness (QED) is 0.928. The molecule has 20 heavy (non-hydrogen) atoms. The zero-order valence-corrected chi connectivity index (χ0v) is 12.3. The number of ether oxygens (including phenoxy) is 1. The summed E-state index contributed by atoms with van der Waals surface area (Å²) in [4.78, 5) is 0. The number of hydrogen-bond acceptors (Lipinski definition) is 3. The normalized spacial score (nSPS) is 15.9. The molecule has 3 rings (SSSR count). The van der Waals surface area contributed by atoms with Crippen LogP contribution in [0.25, 0.3) is 0 Å². The molecule has 2 heterocycles. The summed E-state index contributed by atoms with van der Waals surface area (Å²) in [7, 11) is 1.96. The van der Waals surface area contributed by atoms with Gasteiger partial charge in [-0.3, -0.25) is 4.68 Å². The van der Waals surface area contributed by atoms with Gasteiger partial charge in [-0.15, -0.1) is 0 Å². The van der Waals surface area contributed by atoms with Gasteiger partial charge in [-0.25, -0.2) is 0 Å². The van der Waals surface area contributed by atoms with Gasteiger partial charge in [0.2, 0.25) is 0 Å². The summed E-state index contributed by atoms with van der Waals surface area (Å²) in [6.07, 6.45) is 2.81. The monoisotopic (exact) mass is 271 g/mol. The third-order valence-corrected chi connectivity index (χ3v) is 3.72. The SMILES string of the molecule is Cn1nccc1CNCc1cccc2c1OC(C)(C)C2. The van der Waals surface area contributed by atoms with E-state index in [0.717, 1.165) is 25.3 Å². The van der Waals surface area contributed by atoms with E-state index in [1.165, 1.54) is 16.8 Å². The van der Waals surface area contributed by atoms with E-state index in [9.17, 15) is 0 Å². The van der Waals surface area contributed by atoms with Crippen molar-refractivity contribution in [2.24, 2.45) is 7.05 Å². The molecule has 2 aromatic rings. The molecular weight excluding hydrogens is 250 g/mol. The molecule has 4 heteroatoms. The summed E-state index contributed by atoms with van der Waals surface area (Å²) >= 11 is 0. The van der Waals surface area contributed by atoms with Crippen LogP contribution in [0.2, 0.25) is 0 Å². The van der Waals surface area contributed by atoms with Gasteiger partial charge >= 0.3 is 0 Å².